The molecule has 23 heavy (non-hydrogen) atoms. The zero-order valence-electron chi connectivity index (χ0n) is 11.9. The maximum absolute atomic E-state index is 11.4. The molecular formula is C16H11BrN2O4. The summed E-state index contributed by atoms with van der Waals surface area (Å²) in [5.41, 5.74) is 1.28. The third kappa shape index (κ3) is 3.09. The molecule has 0 aliphatic rings. The first-order chi connectivity index (χ1) is 10.9. The number of rotatable bonds is 2. The van der Waals surface area contributed by atoms with Crippen molar-refractivity contribution >= 4 is 38.3 Å². The summed E-state index contributed by atoms with van der Waals surface area (Å²) in [4.78, 5) is 11.4. The average molecular weight is 375 g/mol. The lowest BCUT2D eigenvalue weighted by Gasteiger charge is -2.04. The van der Waals surface area contributed by atoms with Gasteiger partial charge in [0.15, 0.2) is 0 Å². The number of hydrogen-bond acceptors (Lipinski definition) is 6. The fourth-order valence-electron chi connectivity index (χ4n) is 2.11. The molecule has 7 heteroatoms. The van der Waals surface area contributed by atoms with Crippen molar-refractivity contribution in [1.82, 2.24) is 0 Å². The van der Waals surface area contributed by atoms with Crippen molar-refractivity contribution in [3.05, 3.63) is 56.9 Å². The number of phenolic OH excluding ortho intramolecular Hbond substituents is 2. The average Bonchev–Trinajstić information content (AvgIpc) is 2.46. The van der Waals surface area contributed by atoms with Crippen LogP contribution in [-0.4, -0.2) is 10.2 Å². The van der Waals surface area contributed by atoms with Gasteiger partial charge in [-0.1, -0.05) is 0 Å². The second-order valence-electron chi connectivity index (χ2n) is 4.92. The highest BCUT2D eigenvalue weighted by Gasteiger charge is 2.09. The lowest BCUT2D eigenvalue weighted by Crippen LogP contribution is -1.97. The van der Waals surface area contributed by atoms with Crippen LogP contribution >= 0.6 is 15.9 Å². The van der Waals surface area contributed by atoms with Gasteiger partial charge in [-0.15, -0.1) is 10.2 Å². The largest absolute Gasteiger partial charge is 0.508 e. The van der Waals surface area contributed by atoms with E-state index in [4.69, 9.17) is 4.42 Å². The maximum atomic E-state index is 11.4. The fourth-order valence-corrected chi connectivity index (χ4v) is 2.55. The Morgan fingerprint density at radius 1 is 1.04 bits per heavy atom. The summed E-state index contributed by atoms with van der Waals surface area (Å²) < 4.78 is 5.62. The molecule has 3 aromatic rings. The Bertz CT molecular complexity index is 995. The first-order valence-corrected chi connectivity index (χ1v) is 7.41. The Morgan fingerprint density at radius 3 is 2.52 bits per heavy atom. The molecule has 0 aliphatic carbocycles. The van der Waals surface area contributed by atoms with Crippen LogP contribution in [0.2, 0.25) is 0 Å². The molecule has 0 radical (unpaired) electrons. The molecule has 3 rings (SSSR count). The monoisotopic (exact) mass is 374 g/mol. The number of fused-ring (bicyclic) bond motifs is 1. The molecular weight excluding hydrogens is 364 g/mol. The predicted molar refractivity (Wildman–Crippen MR) is 88.9 cm³/mol. The van der Waals surface area contributed by atoms with Crippen LogP contribution in [0.4, 0.5) is 11.4 Å². The molecule has 2 aromatic carbocycles. The molecule has 0 unspecified atom stereocenters. The number of halogens is 1. The molecule has 0 saturated carbocycles. The van der Waals surface area contributed by atoms with Crippen molar-refractivity contribution in [2.75, 3.05) is 0 Å². The van der Waals surface area contributed by atoms with Crippen molar-refractivity contribution in [3.8, 4) is 11.5 Å². The van der Waals surface area contributed by atoms with Crippen LogP contribution in [0.5, 0.6) is 11.5 Å². The third-order valence-corrected chi connectivity index (χ3v) is 3.88. The number of aryl methyl sites for hydroxylation is 1. The predicted octanol–water partition coefficient (Wildman–Crippen LogP) is 4.69. The van der Waals surface area contributed by atoms with E-state index in [0.29, 0.717) is 15.5 Å². The molecule has 0 amide bonds. The number of aromatic hydroxyl groups is 2. The Labute approximate surface area is 138 Å². The molecule has 116 valence electrons. The summed E-state index contributed by atoms with van der Waals surface area (Å²) in [7, 11) is 0. The highest BCUT2D eigenvalue weighted by atomic mass is 79.9. The minimum absolute atomic E-state index is 0.107. The van der Waals surface area contributed by atoms with Gasteiger partial charge in [-0.05, 0) is 52.7 Å². The normalized spacial score (nSPS) is 11.4. The molecule has 2 N–H and O–H groups in total. The van der Waals surface area contributed by atoms with E-state index in [0.717, 1.165) is 5.56 Å². The van der Waals surface area contributed by atoms with E-state index in [1.165, 1.54) is 24.3 Å². The first kappa shape index (κ1) is 15.2. The van der Waals surface area contributed by atoms with Crippen LogP contribution in [-0.2, 0) is 0 Å². The van der Waals surface area contributed by atoms with E-state index >= 15 is 0 Å². The number of azo groups is 1. The Morgan fingerprint density at radius 2 is 1.78 bits per heavy atom. The Balaban J connectivity index is 2.07. The molecule has 0 aliphatic heterocycles. The van der Waals surface area contributed by atoms with Gasteiger partial charge in [-0.2, -0.15) is 0 Å². The molecule has 6 nitrogen and oxygen atoms in total. The van der Waals surface area contributed by atoms with Gasteiger partial charge in [0.1, 0.15) is 28.5 Å². The van der Waals surface area contributed by atoms with E-state index in [9.17, 15) is 15.0 Å². The molecule has 0 fully saturated rings. The minimum atomic E-state index is -0.475. The van der Waals surface area contributed by atoms with E-state index < -0.39 is 5.63 Å². The topological polar surface area (TPSA) is 95.4 Å². The van der Waals surface area contributed by atoms with Crippen molar-refractivity contribution < 1.29 is 14.6 Å². The van der Waals surface area contributed by atoms with Crippen molar-refractivity contribution in [1.29, 1.82) is 0 Å². The van der Waals surface area contributed by atoms with Crippen LogP contribution < -0.4 is 5.63 Å². The van der Waals surface area contributed by atoms with Gasteiger partial charge in [0, 0.05) is 22.0 Å². The van der Waals surface area contributed by atoms with Gasteiger partial charge in [-0.3, -0.25) is 0 Å². The zero-order valence-corrected chi connectivity index (χ0v) is 13.5. The molecule has 1 aromatic heterocycles. The zero-order chi connectivity index (χ0) is 16.6. The maximum Gasteiger partial charge on any atom is 0.336 e. The van der Waals surface area contributed by atoms with Crippen LogP contribution in [0.1, 0.15) is 5.56 Å². The van der Waals surface area contributed by atoms with Gasteiger partial charge in [-0.25, -0.2) is 4.79 Å². The van der Waals surface area contributed by atoms with Crippen LogP contribution in [0.15, 0.2) is 60.3 Å². The van der Waals surface area contributed by atoms with Gasteiger partial charge in [0.2, 0.25) is 0 Å². The Kier molecular flexibility index (Phi) is 3.87. The van der Waals surface area contributed by atoms with Crippen molar-refractivity contribution in [2.24, 2.45) is 10.2 Å². The van der Waals surface area contributed by atoms with Gasteiger partial charge >= 0.3 is 5.63 Å². The third-order valence-electron chi connectivity index (χ3n) is 3.24. The summed E-state index contributed by atoms with van der Waals surface area (Å²) in [6, 6.07) is 8.87. The van der Waals surface area contributed by atoms with Crippen LogP contribution in [0, 0.1) is 6.92 Å². The number of benzene rings is 2. The first-order valence-electron chi connectivity index (χ1n) is 6.62. The van der Waals surface area contributed by atoms with Crippen molar-refractivity contribution in [2.45, 2.75) is 6.92 Å². The number of hydrogen-bond donors (Lipinski definition) is 2. The smallest absolute Gasteiger partial charge is 0.336 e. The molecule has 0 spiro atoms. The summed E-state index contributed by atoms with van der Waals surface area (Å²) in [6.07, 6.45) is 0. The lowest BCUT2D eigenvalue weighted by molar-refractivity contribution is 0.473. The van der Waals surface area contributed by atoms with Crippen molar-refractivity contribution in [3.63, 3.8) is 0 Å². The quantitative estimate of drug-likeness (QED) is 0.502. The van der Waals surface area contributed by atoms with E-state index in [1.807, 2.05) is 0 Å². The van der Waals surface area contributed by atoms with Crippen LogP contribution in [0.25, 0.3) is 11.0 Å². The standard InChI is InChI=1S/C16H11BrN2O4/c1-8-4-16(22)23-15-7-14(21)13(6-10(8)15)19-18-12-3-2-9(20)5-11(12)17/h2-7,20-21H,1H3. The number of nitrogens with zero attached hydrogens (tertiary/aromatic N) is 2. The molecule has 0 saturated heterocycles. The summed E-state index contributed by atoms with van der Waals surface area (Å²) in [5.74, 6) is -0.0417. The van der Waals surface area contributed by atoms with Gasteiger partial charge in [0.25, 0.3) is 0 Å². The molecule has 1 heterocycles. The lowest BCUT2D eigenvalue weighted by atomic mass is 10.1. The molecule has 0 bridgehead atoms. The van der Waals surface area contributed by atoms with Gasteiger partial charge in [0.05, 0.1) is 0 Å². The minimum Gasteiger partial charge on any atom is -0.508 e. The summed E-state index contributed by atoms with van der Waals surface area (Å²) >= 11 is 3.27. The highest BCUT2D eigenvalue weighted by Crippen LogP contribution is 2.35. The Hall–Kier alpha value is -2.67. The fraction of sp³-hybridized carbons (Fsp3) is 0.0625. The second-order valence-corrected chi connectivity index (χ2v) is 5.78. The van der Waals surface area contributed by atoms with E-state index in [1.54, 1.807) is 19.1 Å². The summed E-state index contributed by atoms with van der Waals surface area (Å²) in [5, 5.41) is 28.1. The highest BCUT2D eigenvalue weighted by molar-refractivity contribution is 9.10. The van der Waals surface area contributed by atoms with E-state index in [-0.39, 0.29) is 22.8 Å². The van der Waals surface area contributed by atoms with Gasteiger partial charge < -0.3 is 14.6 Å². The molecule has 0 atom stereocenters. The second kappa shape index (κ2) is 5.85. The van der Waals surface area contributed by atoms with E-state index in [2.05, 4.69) is 26.2 Å². The SMILES string of the molecule is Cc1cc(=O)oc2cc(O)c(N=Nc3ccc(O)cc3Br)cc12. The number of phenols is 2. The van der Waals surface area contributed by atoms with Crippen LogP contribution in [0.3, 0.4) is 0 Å². The summed E-state index contributed by atoms with van der Waals surface area (Å²) in [6.45, 7) is 1.77.